The number of carboxylic acid groups (broad SMARTS) is 1. The first-order valence-electron chi connectivity index (χ1n) is 5.01. The van der Waals surface area contributed by atoms with E-state index in [0.29, 0.717) is 4.60 Å². The number of rotatable bonds is 2. The van der Waals surface area contributed by atoms with Gasteiger partial charge in [-0.3, -0.25) is 4.79 Å². The average molecular weight is 306 g/mol. The second-order valence-electron chi connectivity index (χ2n) is 4.45. The second-order valence-corrected chi connectivity index (χ2v) is 5.26. The summed E-state index contributed by atoms with van der Waals surface area (Å²) in [6.07, 6.45) is -1.36. The first-order chi connectivity index (χ1) is 7.75. The molecule has 1 fully saturated rings. The summed E-state index contributed by atoms with van der Waals surface area (Å²) in [4.78, 5) is 15.2. The van der Waals surface area contributed by atoms with Crippen molar-refractivity contribution in [2.75, 3.05) is 0 Å². The van der Waals surface area contributed by atoms with Crippen molar-refractivity contribution in [1.29, 1.82) is 0 Å². The number of aryl methyl sites for hydroxylation is 1. The number of pyridine rings is 1. The quantitative estimate of drug-likeness (QED) is 0.855. The van der Waals surface area contributed by atoms with Gasteiger partial charge in [0.1, 0.15) is 10.0 Å². The van der Waals surface area contributed by atoms with Gasteiger partial charge in [0.15, 0.2) is 0 Å². The molecule has 3 nitrogen and oxygen atoms in total. The Kier molecular flexibility index (Phi) is 2.72. The van der Waals surface area contributed by atoms with Crippen LogP contribution >= 0.6 is 15.9 Å². The van der Waals surface area contributed by atoms with Gasteiger partial charge in [-0.15, -0.1) is 0 Å². The van der Waals surface area contributed by atoms with Crippen molar-refractivity contribution < 1.29 is 18.7 Å². The van der Waals surface area contributed by atoms with Crippen LogP contribution in [0.3, 0.4) is 0 Å². The van der Waals surface area contributed by atoms with Gasteiger partial charge in [0, 0.05) is 12.8 Å². The van der Waals surface area contributed by atoms with Gasteiger partial charge in [0.2, 0.25) is 0 Å². The fourth-order valence-electron chi connectivity index (χ4n) is 2.14. The molecule has 1 heterocycles. The zero-order valence-electron chi connectivity index (χ0n) is 9.01. The highest BCUT2D eigenvalue weighted by atomic mass is 79.9. The van der Waals surface area contributed by atoms with E-state index in [1.165, 1.54) is 0 Å². The fourth-order valence-corrected chi connectivity index (χ4v) is 2.70. The number of carboxylic acids is 1. The standard InChI is InChI=1S/C11H10BrF2NO2/c1-6-2-7(15-8(12)3-6)10(9(16)17)4-11(13,14)5-10/h2-3H,4-5H2,1H3,(H,16,17). The van der Waals surface area contributed by atoms with Crippen LogP contribution in [-0.2, 0) is 10.2 Å². The van der Waals surface area contributed by atoms with E-state index in [-0.39, 0.29) is 5.69 Å². The van der Waals surface area contributed by atoms with Crippen molar-refractivity contribution in [1.82, 2.24) is 4.98 Å². The van der Waals surface area contributed by atoms with Crippen LogP contribution < -0.4 is 0 Å². The molecule has 2 rings (SSSR count). The van der Waals surface area contributed by atoms with E-state index >= 15 is 0 Å². The van der Waals surface area contributed by atoms with Crippen LogP contribution in [0, 0.1) is 6.92 Å². The Bertz CT molecular complexity index is 462. The second kappa shape index (κ2) is 3.73. The largest absolute Gasteiger partial charge is 0.481 e. The van der Waals surface area contributed by atoms with Gasteiger partial charge < -0.3 is 5.11 Å². The molecular formula is C11H10BrF2NO2. The molecule has 1 N–H and O–H groups in total. The lowest BCUT2D eigenvalue weighted by atomic mass is 9.63. The predicted molar refractivity (Wildman–Crippen MR) is 60.2 cm³/mol. The van der Waals surface area contributed by atoms with E-state index in [0.717, 1.165) is 5.56 Å². The van der Waals surface area contributed by atoms with Crippen LogP contribution in [0.1, 0.15) is 24.1 Å². The molecule has 0 radical (unpaired) electrons. The lowest BCUT2D eigenvalue weighted by molar-refractivity contribution is -0.174. The Labute approximate surface area is 105 Å². The molecule has 0 unspecified atom stereocenters. The van der Waals surface area contributed by atoms with E-state index in [9.17, 15) is 13.6 Å². The van der Waals surface area contributed by atoms with Crippen molar-refractivity contribution in [3.05, 3.63) is 28.0 Å². The molecule has 0 saturated heterocycles. The molecular weight excluding hydrogens is 296 g/mol. The van der Waals surface area contributed by atoms with Gasteiger partial charge >= 0.3 is 5.97 Å². The summed E-state index contributed by atoms with van der Waals surface area (Å²) in [5.74, 6) is -4.15. The number of nitrogens with zero attached hydrogens (tertiary/aromatic N) is 1. The summed E-state index contributed by atoms with van der Waals surface area (Å²) in [6, 6.07) is 3.25. The van der Waals surface area contributed by atoms with Gasteiger partial charge in [0.05, 0.1) is 5.69 Å². The number of aromatic nitrogens is 1. The smallest absolute Gasteiger partial charge is 0.316 e. The van der Waals surface area contributed by atoms with Gasteiger partial charge in [-0.2, -0.15) is 0 Å². The normalized spacial score (nSPS) is 20.7. The summed E-state index contributed by atoms with van der Waals surface area (Å²) >= 11 is 3.14. The van der Waals surface area contributed by atoms with Crippen molar-refractivity contribution >= 4 is 21.9 Å². The lowest BCUT2D eigenvalue weighted by Crippen LogP contribution is -2.54. The summed E-state index contributed by atoms with van der Waals surface area (Å²) in [6.45, 7) is 1.77. The maximum absolute atomic E-state index is 13.0. The monoisotopic (exact) mass is 305 g/mol. The third-order valence-electron chi connectivity index (χ3n) is 2.96. The van der Waals surface area contributed by atoms with Crippen LogP contribution in [-0.4, -0.2) is 22.0 Å². The van der Waals surface area contributed by atoms with Crippen molar-refractivity contribution in [3.63, 3.8) is 0 Å². The zero-order chi connectivity index (χ0) is 12.8. The van der Waals surface area contributed by atoms with Gasteiger partial charge in [-0.25, -0.2) is 13.8 Å². The summed E-state index contributed by atoms with van der Waals surface area (Å²) in [7, 11) is 0. The van der Waals surface area contributed by atoms with Gasteiger partial charge in [0.25, 0.3) is 5.92 Å². The Hall–Kier alpha value is -1.04. The van der Waals surface area contributed by atoms with Crippen LogP contribution in [0.2, 0.25) is 0 Å². The number of carbonyl (C=O) groups is 1. The molecule has 1 aromatic rings. The Morgan fingerprint density at radius 3 is 2.47 bits per heavy atom. The highest BCUT2D eigenvalue weighted by Gasteiger charge is 2.63. The Balaban J connectivity index is 2.45. The van der Waals surface area contributed by atoms with E-state index in [4.69, 9.17) is 5.11 Å². The molecule has 6 heteroatoms. The molecule has 1 saturated carbocycles. The average Bonchev–Trinajstić information content (AvgIpc) is 2.11. The minimum atomic E-state index is -2.91. The Morgan fingerprint density at radius 1 is 1.47 bits per heavy atom. The molecule has 0 atom stereocenters. The molecule has 1 aromatic heterocycles. The predicted octanol–water partition coefficient (Wildman–Crippen LogP) is 2.90. The highest BCUT2D eigenvalue weighted by molar-refractivity contribution is 9.10. The third-order valence-corrected chi connectivity index (χ3v) is 3.37. The first kappa shape index (κ1) is 12.4. The molecule has 0 bridgehead atoms. The molecule has 1 aliphatic carbocycles. The van der Waals surface area contributed by atoms with Crippen LogP contribution in [0.4, 0.5) is 8.78 Å². The van der Waals surface area contributed by atoms with Crippen LogP contribution in [0.25, 0.3) is 0 Å². The number of halogens is 3. The van der Waals surface area contributed by atoms with Crippen molar-refractivity contribution in [3.8, 4) is 0 Å². The first-order valence-corrected chi connectivity index (χ1v) is 5.80. The fraction of sp³-hybridized carbons (Fsp3) is 0.455. The van der Waals surface area contributed by atoms with Gasteiger partial charge in [-0.1, -0.05) is 0 Å². The minimum Gasteiger partial charge on any atom is -0.481 e. The summed E-state index contributed by atoms with van der Waals surface area (Å²) < 4.78 is 26.4. The third kappa shape index (κ3) is 2.06. The molecule has 0 aromatic carbocycles. The molecule has 1 aliphatic rings. The number of alkyl halides is 2. The molecule has 0 spiro atoms. The van der Waals surface area contributed by atoms with E-state index in [1.54, 1.807) is 19.1 Å². The van der Waals surface area contributed by atoms with Crippen LogP contribution in [0.5, 0.6) is 0 Å². The number of hydrogen-bond acceptors (Lipinski definition) is 2. The minimum absolute atomic E-state index is 0.197. The van der Waals surface area contributed by atoms with E-state index < -0.39 is 30.1 Å². The van der Waals surface area contributed by atoms with Gasteiger partial charge in [-0.05, 0) is 40.5 Å². The topological polar surface area (TPSA) is 50.2 Å². The Morgan fingerprint density at radius 2 is 2.06 bits per heavy atom. The lowest BCUT2D eigenvalue weighted by Gasteiger charge is -2.43. The van der Waals surface area contributed by atoms with Crippen molar-refractivity contribution in [2.45, 2.75) is 31.1 Å². The molecule has 0 amide bonds. The molecule has 17 heavy (non-hydrogen) atoms. The zero-order valence-corrected chi connectivity index (χ0v) is 10.6. The maximum atomic E-state index is 13.0. The van der Waals surface area contributed by atoms with E-state index in [2.05, 4.69) is 20.9 Å². The SMILES string of the molecule is Cc1cc(Br)nc(C2(C(=O)O)CC(F)(F)C2)c1. The summed E-state index contributed by atoms with van der Waals surface area (Å²) in [5.41, 5.74) is -0.557. The number of aliphatic carboxylic acids is 1. The van der Waals surface area contributed by atoms with Crippen molar-refractivity contribution in [2.24, 2.45) is 0 Å². The maximum Gasteiger partial charge on any atom is 0.316 e. The summed E-state index contributed by atoms with van der Waals surface area (Å²) in [5, 5.41) is 9.16. The number of hydrogen-bond donors (Lipinski definition) is 1. The highest BCUT2D eigenvalue weighted by Crippen LogP contribution is 2.53. The van der Waals surface area contributed by atoms with E-state index in [1.807, 2.05) is 0 Å². The molecule has 0 aliphatic heterocycles. The van der Waals surface area contributed by atoms with Crippen LogP contribution in [0.15, 0.2) is 16.7 Å². The molecule has 92 valence electrons.